The summed E-state index contributed by atoms with van der Waals surface area (Å²) in [5, 5.41) is 5.05. The molecule has 0 aliphatic heterocycles. The Labute approximate surface area is 218 Å². The van der Waals surface area contributed by atoms with Crippen LogP contribution in [0.2, 0.25) is 0 Å². The summed E-state index contributed by atoms with van der Waals surface area (Å²) in [6.45, 7) is 0. The van der Waals surface area contributed by atoms with Gasteiger partial charge in [0.1, 0.15) is 0 Å². The molecule has 7 rings (SSSR count). The fraction of sp³-hybridized carbons (Fsp3) is 0. The molecule has 7 aromatic rings. The van der Waals surface area contributed by atoms with Crippen molar-refractivity contribution < 1.29 is 0 Å². The van der Waals surface area contributed by atoms with Gasteiger partial charge in [-0.1, -0.05) is 125 Å². The number of hydrogen-bond donors (Lipinski definition) is 0. The molecule has 170 valence electrons. The summed E-state index contributed by atoms with van der Waals surface area (Å²) >= 11 is 3.68. The lowest BCUT2D eigenvalue weighted by Crippen LogP contribution is -1.95. The van der Waals surface area contributed by atoms with Crippen LogP contribution < -0.4 is 0 Å². The SMILES string of the molecule is Brc1ccccc1-c1ccc(-c2ccc3c4ccccc4n(-c4cccc5ccccc45)c3c2)cc1. The molecule has 0 aliphatic carbocycles. The Morgan fingerprint density at radius 1 is 0.444 bits per heavy atom. The van der Waals surface area contributed by atoms with E-state index in [2.05, 4.69) is 148 Å². The summed E-state index contributed by atoms with van der Waals surface area (Å²) in [4.78, 5) is 0. The smallest absolute Gasteiger partial charge is 0.0547 e. The second-order valence-corrected chi connectivity index (χ2v) is 9.99. The van der Waals surface area contributed by atoms with Crippen molar-refractivity contribution in [3.05, 3.63) is 138 Å². The van der Waals surface area contributed by atoms with E-state index in [-0.39, 0.29) is 0 Å². The van der Waals surface area contributed by atoms with Gasteiger partial charge in [0.25, 0.3) is 0 Å². The second kappa shape index (κ2) is 8.51. The van der Waals surface area contributed by atoms with E-state index in [1.165, 1.54) is 60.5 Å². The second-order valence-electron chi connectivity index (χ2n) is 9.14. The van der Waals surface area contributed by atoms with E-state index in [1.807, 2.05) is 6.07 Å². The van der Waals surface area contributed by atoms with Gasteiger partial charge in [-0.05, 0) is 51.9 Å². The summed E-state index contributed by atoms with van der Waals surface area (Å²) in [6, 6.07) is 48.0. The maximum Gasteiger partial charge on any atom is 0.0547 e. The van der Waals surface area contributed by atoms with Gasteiger partial charge in [0.15, 0.2) is 0 Å². The van der Waals surface area contributed by atoms with Crippen molar-refractivity contribution in [2.45, 2.75) is 0 Å². The van der Waals surface area contributed by atoms with Gasteiger partial charge in [0, 0.05) is 20.6 Å². The molecule has 1 nitrogen and oxygen atoms in total. The Morgan fingerprint density at radius 2 is 1.08 bits per heavy atom. The van der Waals surface area contributed by atoms with Crippen molar-refractivity contribution in [3.8, 4) is 27.9 Å². The van der Waals surface area contributed by atoms with Crippen molar-refractivity contribution in [2.24, 2.45) is 0 Å². The standard InChI is InChI=1S/C34H22BrN/c35-31-13-5-3-10-27(31)25-18-16-23(17-19-25)26-20-21-30-29-12-4-6-14-33(29)36(34(30)22-26)32-15-7-9-24-8-1-2-11-28(24)32/h1-22H. The molecular formula is C34H22BrN. The molecule has 0 unspecified atom stereocenters. The molecule has 0 N–H and O–H groups in total. The third-order valence-corrected chi connectivity index (χ3v) is 7.78. The Morgan fingerprint density at radius 3 is 1.94 bits per heavy atom. The van der Waals surface area contributed by atoms with Crippen LogP contribution >= 0.6 is 15.9 Å². The fourth-order valence-corrected chi connectivity index (χ4v) is 5.86. The van der Waals surface area contributed by atoms with Gasteiger partial charge in [-0.15, -0.1) is 0 Å². The van der Waals surface area contributed by atoms with E-state index in [0.717, 1.165) is 4.47 Å². The summed E-state index contributed by atoms with van der Waals surface area (Å²) < 4.78 is 3.53. The van der Waals surface area contributed by atoms with E-state index in [9.17, 15) is 0 Å². The highest BCUT2D eigenvalue weighted by molar-refractivity contribution is 9.10. The van der Waals surface area contributed by atoms with Crippen molar-refractivity contribution in [1.82, 2.24) is 4.57 Å². The normalized spacial score (nSPS) is 11.5. The molecule has 0 saturated carbocycles. The molecule has 0 spiro atoms. The predicted octanol–water partition coefficient (Wildman–Crippen LogP) is 10.0. The first-order chi connectivity index (χ1) is 17.8. The summed E-state index contributed by atoms with van der Waals surface area (Å²) in [6.07, 6.45) is 0. The number of halogens is 1. The summed E-state index contributed by atoms with van der Waals surface area (Å²) in [7, 11) is 0. The van der Waals surface area contributed by atoms with E-state index in [4.69, 9.17) is 0 Å². The first-order valence-corrected chi connectivity index (χ1v) is 12.9. The molecule has 0 amide bonds. The van der Waals surface area contributed by atoms with Crippen molar-refractivity contribution >= 4 is 48.5 Å². The molecule has 1 heterocycles. The predicted molar refractivity (Wildman–Crippen MR) is 157 cm³/mol. The van der Waals surface area contributed by atoms with Gasteiger partial charge in [-0.3, -0.25) is 0 Å². The van der Waals surface area contributed by atoms with Crippen LogP contribution in [-0.2, 0) is 0 Å². The van der Waals surface area contributed by atoms with Gasteiger partial charge < -0.3 is 4.57 Å². The van der Waals surface area contributed by atoms with Gasteiger partial charge in [-0.25, -0.2) is 0 Å². The van der Waals surface area contributed by atoms with Crippen LogP contribution in [0.3, 0.4) is 0 Å². The number of aromatic nitrogens is 1. The highest BCUT2D eigenvalue weighted by Gasteiger charge is 2.15. The first-order valence-electron chi connectivity index (χ1n) is 12.1. The number of fused-ring (bicyclic) bond motifs is 4. The van der Waals surface area contributed by atoms with Gasteiger partial charge in [-0.2, -0.15) is 0 Å². The van der Waals surface area contributed by atoms with E-state index >= 15 is 0 Å². The third-order valence-electron chi connectivity index (χ3n) is 7.08. The quantitative estimate of drug-likeness (QED) is 0.217. The number of nitrogens with zero attached hydrogens (tertiary/aromatic N) is 1. The maximum absolute atomic E-state index is 3.68. The average molecular weight is 524 g/mol. The lowest BCUT2D eigenvalue weighted by molar-refractivity contribution is 1.20. The molecule has 0 aliphatic rings. The molecule has 2 heteroatoms. The number of para-hydroxylation sites is 1. The molecule has 36 heavy (non-hydrogen) atoms. The molecule has 1 aromatic heterocycles. The van der Waals surface area contributed by atoms with Crippen molar-refractivity contribution in [3.63, 3.8) is 0 Å². The zero-order chi connectivity index (χ0) is 24.1. The molecule has 0 atom stereocenters. The van der Waals surface area contributed by atoms with E-state index in [0.29, 0.717) is 0 Å². The highest BCUT2D eigenvalue weighted by atomic mass is 79.9. The fourth-order valence-electron chi connectivity index (χ4n) is 5.35. The van der Waals surface area contributed by atoms with Crippen LogP contribution in [-0.4, -0.2) is 4.57 Å². The maximum atomic E-state index is 3.68. The number of rotatable bonds is 3. The third kappa shape index (κ3) is 3.37. The Balaban J connectivity index is 1.44. The van der Waals surface area contributed by atoms with Gasteiger partial charge in [0.2, 0.25) is 0 Å². The summed E-state index contributed by atoms with van der Waals surface area (Å²) in [5.74, 6) is 0. The van der Waals surface area contributed by atoms with Crippen molar-refractivity contribution in [1.29, 1.82) is 0 Å². The lowest BCUT2D eigenvalue weighted by atomic mass is 9.99. The van der Waals surface area contributed by atoms with Crippen LogP contribution in [0.4, 0.5) is 0 Å². The highest BCUT2D eigenvalue weighted by Crippen LogP contribution is 2.37. The minimum Gasteiger partial charge on any atom is -0.309 e. The Kier molecular flexibility index (Phi) is 5.00. The largest absolute Gasteiger partial charge is 0.309 e. The minimum atomic E-state index is 1.11. The number of benzene rings is 6. The molecule has 0 radical (unpaired) electrons. The lowest BCUT2D eigenvalue weighted by Gasteiger charge is -2.12. The van der Waals surface area contributed by atoms with Crippen molar-refractivity contribution in [2.75, 3.05) is 0 Å². The van der Waals surface area contributed by atoms with Crippen LogP contribution in [0.25, 0.3) is 60.5 Å². The van der Waals surface area contributed by atoms with Crippen LogP contribution in [0.1, 0.15) is 0 Å². The van der Waals surface area contributed by atoms with Crippen LogP contribution in [0.5, 0.6) is 0 Å². The first kappa shape index (κ1) is 21.2. The van der Waals surface area contributed by atoms with Crippen LogP contribution in [0, 0.1) is 0 Å². The zero-order valence-electron chi connectivity index (χ0n) is 19.5. The number of hydrogen-bond acceptors (Lipinski definition) is 0. The van der Waals surface area contributed by atoms with Crippen LogP contribution in [0.15, 0.2) is 138 Å². The molecular weight excluding hydrogens is 502 g/mol. The molecule has 0 saturated heterocycles. The zero-order valence-corrected chi connectivity index (χ0v) is 21.1. The molecule has 0 bridgehead atoms. The minimum absolute atomic E-state index is 1.11. The average Bonchev–Trinajstić information content (AvgIpc) is 3.27. The topological polar surface area (TPSA) is 4.93 Å². The van der Waals surface area contributed by atoms with Gasteiger partial charge >= 0.3 is 0 Å². The van der Waals surface area contributed by atoms with E-state index < -0.39 is 0 Å². The molecule has 0 fully saturated rings. The molecule has 6 aromatic carbocycles. The van der Waals surface area contributed by atoms with Gasteiger partial charge in [0.05, 0.1) is 16.7 Å². The monoisotopic (exact) mass is 523 g/mol. The Bertz CT molecular complexity index is 1890. The Hall–Kier alpha value is -4.14. The van der Waals surface area contributed by atoms with E-state index in [1.54, 1.807) is 0 Å². The summed E-state index contributed by atoms with van der Waals surface area (Å²) in [5.41, 5.74) is 8.49.